The minimum atomic E-state index is -0.305. The van der Waals surface area contributed by atoms with Crippen LogP contribution in [0.3, 0.4) is 0 Å². The van der Waals surface area contributed by atoms with Gasteiger partial charge in [-0.3, -0.25) is 14.5 Å². The van der Waals surface area contributed by atoms with Gasteiger partial charge in [0.2, 0.25) is 11.8 Å². The summed E-state index contributed by atoms with van der Waals surface area (Å²) in [5.41, 5.74) is 4.69. The molecular weight excluding hydrogens is 496 g/mol. The maximum absolute atomic E-state index is 13.7. The van der Waals surface area contributed by atoms with Crippen LogP contribution in [-0.4, -0.2) is 47.0 Å². The molecule has 1 N–H and O–H groups in total. The van der Waals surface area contributed by atoms with Crippen LogP contribution in [0.4, 0.5) is 5.82 Å². The van der Waals surface area contributed by atoms with E-state index >= 15 is 0 Å². The van der Waals surface area contributed by atoms with E-state index in [1.165, 1.54) is 0 Å². The van der Waals surface area contributed by atoms with E-state index in [1.807, 2.05) is 48.9 Å². The van der Waals surface area contributed by atoms with Crippen LogP contribution in [-0.2, 0) is 21.4 Å². The average molecular weight is 535 g/mol. The van der Waals surface area contributed by atoms with E-state index in [0.717, 1.165) is 40.2 Å². The third-order valence-electron chi connectivity index (χ3n) is 6.57. The van der Waals surface area contributed by atoms with Gasteiger partial charge in [0.05, 0.1) is 29.5 Å². The van der Waals surface area contributed by atoms with Gasteiger partial charge in [0, 0.05) is 17.0 Å². The van der Waals surface area contributed by atoms with Crippen LogP contribution in [0.5, 0.6) is 5.75 Å². The van der Waals surface area contributed by atoms with Crippen molar-refractivity contribution in [1.29, 1.82) is 0 Å². The Labute approximate surface area is 229 Å². The van der Waals surface area contributed by atoms with Gasteiger partial charge >= 0.3 is 0 Å². The zero-order valence-electron chi connectivity index (χ0n) is 23.4. The van der Waals surface area contributed by atoms with Crippen LogP contribution in [0.1, 0.15) is 69.2 Å². The molecule has 2 amide bonds. The van der Waals surface area contributed by atoms with Crippen molar-refractivity contribution in [3.05, 3.63) is 70.9 Å². The topological polar surface area (TPSA) is 76.5 Å². The second-order valence-corrected chi connectivity index (χ2v) is 12.0. The van der Waals surface area contributed by atoms with E-state index in [9.17, 15) is 9.59 Å². The Morgan fingerprint density at radius 1 is 1.16 bits per heavy atom. The molecule has 0 aliphatic carbocycles. The Morgan fingerprint density at radius 3 is 2.45 bits per heavy atom. The largest absolute Gasteiger partial charge is 0.497 e. The van der Waals surface area contributed by atoms with E-state index in [0.29, 0.717) is 5.82 Å². The first kappa shape index (κ1) is 27.8. The monoisotopic (exact) mass is 534 g/mol. The molecule has 1 aromatic heterocycles. The van der Waals surface area contributed by atoms with Crippen molar-refractivity contribution in [1.82, 2.24) is 15.1 Å². The normalized spacial score (nSPS) is 15.8. The Balaban J connectivity index is 2.02. The SMILES string of the molecule is CCc1ccccc1-n1nc(C(C)(C)C)c2c1N(CC(=O)NC(C)C)C(=O)CSC2c1ccc(OC)cc1. The van der Waals surface area contributed by atoms with Crippen LogP contribution in [0.15, 0.2) is 48.5 Å². The molecule has 1 aliphatic rings. The minimum absolute atomic E-state index is 0.0265. The van der Waals surface area contributed by atoms with Crippen molar-refractivity contribution in [3.8, 4) is 11.4 Å². The average Bonchev–Trinajstić information content (AvgIpc) is 3.21. The van der Waals surface area contributed by atoms with Gasteiger partial charge < -0.3 is 10.1 Å². The molecule has 7 nitrogen and oxygen atoms in total. The number of benzene rings is 2. The molecule has 3 aromatic rings. The number of rotatable bonds is 7. The predicted octanol–water partition coefficient (Wildman–Crippen LogP) is 5.43. The molecule has 4 rings (SSSR count). The fraction of sp³-hybridized carbons (Fsp3) is 0.433. The lowest BCUT2D eigenvalue weighted by Crippen LogP contribution is -2.44. The zero-order valence-corrected chi connectivity index (χ0v) is 24.2. The lowest BCUT2D eigenvalue weighted by Gasteiger charge is -2.25. The number of para-hydroxylation sites is 1. The maximum atomic E-state index is 13.7. The molecular formula is C30H38N4O3S. The standard InChI is InChI=1S/C30H38N4O3S/c1-8-20-11-9-10-12-23(20)34-29-26(28(32-34)30(4,5)6)27(21-13-15-22(37-7)16-14-21)38-18-25(36)33(29)17-24(35)31-19(2)3/h9-16,19,27H,8,17-18H2,1-7H3,(H,31,35). The number of carbonyl (C=O) groups excluding carboxylic acids is 2. The first-order valence-corrected chi connectivity index (χ1v) is 14.2. The molecule has 0 radical (unpaired) electrons. The third-order valence-corrected chi connectivity index (χ3v) is 7.82. The van der Waals surface area contributed by atoms with Crippen LogP contribution >= 0.6 is 11.8 Å². The molecule has 1 unspecified atom stereocenters. The summed E-state index contributed by atoms with van der Waals surface area (Å²) in [5, 5.41) is 8.01. The summed E-state index contributed by atoms with van der Waals surface area (Å²) in [6.45, 7) is 12.3. The molecule has 0 bridgehead atoms. The number of hydrogen-bond acceptors (Lipinski definition) is 5. The Kier molecular flexibility index (Phi) is 8.21. The summed E-state index contributed by atoms with van der Waals surface area (Å²) >= 11 is 1.58. The van der Waals surface area contributed by atoms with E-state index < -0.39 is 0 Å². The van der Waals surface area contributed by atoms with Crippen LogP contribution in [0, 0.1) is 0 Å². The van der Waals surface area contributed by atoms with E-state index in [-0.39, 0.29) is 40.8 Å². The molecule has 1 aliphatic heterocycles. The molecule has 202 valence electrons. The minimum Gasteiger partial charge on any atom is -0.497 e. The molecule has 2 heterocycles. The van der Waals surface area contributed by atoms with Crippen molar-refractivity contribution >= 4 is 29.4 Å². The van der Waals surface area contributed by atoms with Crippen LogP contribution in [0.2, 0.25) is 0 Å². The molecule has 0 saturated heterocycles. The van der Waals surface area contributed by atoms with Crippen molar-refractivity contribution in [2.24, 2.45) is 0 Å². The number of nitrogens with one attached hydrogen (secondary N) is 1. The van der Waals surface area contributed by atoms with E-state index in [1.54, 1.807) is 23.8 Å². The fourth-order valence-corrected chi connectivity index (χ4v) is 6.01. The Hall–Kier alpha value is -3.26. The van der Waals surface area contributed by atoms with Gasteiger partial charge in [-0.05, 0) is 49.6 Å². The number of carbonyl (C=O) groups is 2. The van der Waals surface area contributed by atoms with Crippen LogP contribution in [0.25, 0.3) is 5.69 Å². The highest BCUT2D eigenvalue weighted by Crippen LogP contribution is 2.48. The summed E-state index contributed by atoms with van der Waals surface area (Å²) in [4.78, 5) is 28.4. The summed E-state index contributed by atoms with van der Waals surface area (Å²) in [7, 11) is 1.65. The number of amides is 2. The third kappa shape index (κ3) is 5.60. The van der Waals surface area contributed by atoms with Crippen molar-refractivity contribution in [2.75, 3.05) is 24.3 Å². The predicted molar refractivity (Wildman–Crippen MR) is 155 cm³/mol. The number of thioether (sulfide) groups is 1. The number of hydrogen-bond donors (Lipinski definition) is 1. The van der Waals surface area contributed by atoms with Gasteiger partial charge in [-0.1, -0.05) is 58.0 Å². The summed E-state index contributed by atoms with van der Waals surface area (Å²) in [6, 6.07) is 16.1. The quantitative estimate of drug-likeness (QED) is 0.437. The smallest absolute Gasteiger partial charge is 0.240 e. The fourth-order valence-electron chi connectivity index (χ4n) is 4.81. The number of fused-ring (bicyclic) bond motifs is 1. The number of aromatic nitrogens is 2. The molecule has 2 aromatic carbocycles. The number of methoxy groups -OCH3 is 1. The maximum Gasteiger partial charge on any atom is 0.240 e. The Morgan fingerprint density at radius 2 is 1.84 bits per heavy atom. The molecule has 8 heteroatoms. The lowest BCUT2D eigenvalue weighted by molar-refractivity contribution is -0.123. The molecule has 0 spiro atoms. The Bertz CT molecular complexity index is 1310. The summed E-state index contributed by atoms with van der Waals surface area (Å²) in [5.74, 6) is 1.40. The highest BCUT2D eigenvalue weighted by atomic mass is 32.2. The van der Waals surface area contributed by atoms with Gasteiger partial charge in [-0.2, -0.15) is 5.10 Å². The summed E-state index contributed by atoms with van der Waals surface area (Å²) in [6.07, 6.45) is 0.814. The molecule has 0 saturated carbocycles. The molecule has 38 heavy (non-hydrogen) atoms. The summed E-state index contributed by atoms with van der Waals surface area (Å²) < 4.78 is 7.30. The lowest BCUT2D eigenvalue weighted by atomic mass is 9.87. The molecule has 0 fully saturated rings. The number of ether oxygens (including phenoxy) is 1. The zero-order chi connectivity index (χ0) is 27.6. The van der Waals surface area contributed by atoms with Gasteiger partial charge in [-0.25, -0.2) is 4.68 Å². The second kappa shape index (κ2) is 11.2. The van der Waals surface area contributed by atoms with Crippen LogP contribution < -0.4 is 15.0 Å². The van der Waals surface area contributed by atoms with Gasteiger partial charge in [0.15, 0.2) is 0 Å². The first-order valence-electron chi connectivity index (χ1n) is 13.1. The van der Waals surface area contributed by atoms with E-state index in [4.69, 9.17) is 9.84 Å². The van der Waals surface area contributed by atoms with Gasteiger partial charge in [0.25, 0.3) is 0 Å². The van der Waals surface area contributed by atoms with Gasteiger partial charge in [-0.15, -0.1) is 11.8 Å². The highest BCUT2D eigenvalue weighted by Gasteiger charge is 2.40. The van der Waals surface area contributed by atoms with E-state index in [2.05, 4.69) is 51.2 Å². The molecule has 1 atom stereocenters. The number of nitrogens with zero attached hydrogens (tertiary/aromatic N) is 3. The number of anilines is 1. The van der Waals surface area contributed by atoms with Crippen molar-refractivity contribution < 1.29 is 14.3 Å². The number of aryl methyl sites for hydroxylation is 1. The highest BCUT2D eigenvalue weighted by molar-refractivity contribution is 8.00. The first-order chi connectivity index (χ1) is 18.0. The van der Waals surface area contributed by atoms with Gasteiger partial charge in [0.1, 0.15) is 18.1 Å². The second-order valence-electron chi connectivity index (χ2n) is 10.9. The van der Waals surface area contributed by atoms with Crippen molar-refractivity contribution in [2.45, 2.75) is 64.7 Å². The van der Waals surface area contributed by atoms with Crippen molar-refractivity contribution in [3.63, 3.8) is 0 Å².